The third-order valence-corrected chi connectivity index (χ3v) is 4.98. The molecule has 23 heavy (non-hydrogen) atoms. The molecule has 5 nitrogen and oxygen atoms in total. The van der Waals surface area contributed by atoms with Crippen LogP contribution < -0.4 is 5.32 Å². The summed E-state index contributed by atoms with van der Waals surface area (Å²) in [6, 6.07) is 9.27. The Balaban J connectivity index is 2.02. The van der Waals surface area contributed by atoms with Crippen molar-refractivity contribution >= 4 is 11.9 Å². The zero-order valence-electron chi connectivity index (χ0n) is 14.0. The van der Waals surface area contributed by atoms with Gasteiger partial charge in [0, 0.05) is 13.1 Å². The first kappa shape index (κ1) is 15.6. The highest BCUT2D eigenvalue weighted by Gasteiger charge is 2.44. The number of amides is 3. The largest absolute Gasteiger partial charge is 0.330 e. The predicted molar refractivity (Wildman–Crippen MR) is 88.5 cm³/mol. The highest BCUT2D eigenvalue weighted by Crippen LogP contribution is 2.36. The third kappa shape index (κ3) is 2.50. The van der Waals surface area contributed by atoms with Crippen molar-refractivity contribution in [1.29, 1.82) is 0 Å². The number of urea groups is 1. The van der Waals surface area contributed by atoms with E-state index in [-0.39, 0.29) is 24.0 Å². The van der Waals surface area contributed by atoms with Crippen LogP contribution in [0.15, 0.2) is 41.6 Å². The van der Waals surface area contributed by atoms with Gasteiger partial charge in [-0.2, -0.15) is 0 Å². The molecular formula is C18H23N3O2. The Morgan fingerprint density at radius 1 is 1.13 bits per heavy atom. The van der Waals surface area contributed by atoms with Crippen LogP contribution in [0.3, 0.4) is 0 Å². The Morgan fingerprint density at radius 2 is 1.78 bits per heavy atom. The Hall–Kier alpha value is -2.30. The van der Waals surface area contributed by atoms with Crippen molar-refractivity contribution in [1.82, 2.24) is 15.1 Å². The molecule has 2 aliphatic rings. The summed E-state index contributed by atoms with van der Waals surface area (Å²) >= 11 is 0. The van der Waals surface area contributed by atoms with Crippen LogP contribution >= 0.6 is 0 Å². The maximum Gasteiger partial charge on any atom is 0.322 e. The number of likely N-dealkylation sites (N-methyl/N-ethyl adjacent to an activating group) is 1. The molecular weight excluding hydrogens is 290 g/mol. The van der Waals surface area contributed by atoms with Gasteiger partial charge in [-0.1, -0.05) is 44.2 Å². The molecule has 0 fully saturated rings. The number of nitrogens with one attached hydrogen (secondary N) is 1. The van der Waals surface area contributed by atoms with Gasteiger partial charge in [0.15, 0.2) is 0 Å². The number of benzene rings is 1. The van der Waals surface area contributed by atoms with E-state index in [4.69, 9.17) is 0 Å². The van der Waals surface area contributed by atoms with E-state index in [9.17, 15) is 9.59 Å². The molecule has 0 radical (unpaired) electrons. The van der Waals surface area contributed by atoms with Gasteiger partial charge >= 0.3 is 6.03 Å². The highest BCUT2D eigenvalue weighted by atomic mass is 16.2. The molecule has 0 bridgehead atoms. The molecule has 1 N–H and O–H groups in total. The van der Waals surface area contributed by atoms with Gasteiger partial charge in [0.1, 0.15) is 0 Å². The molecule has 0 aromatic heterocycles. The maximum absolute atomic E-state index is 13.0. The predicted octanol–water partition coefficient (Wildman–Crippen LogP) is 2.52. The molecule has 2 atom stereocenters. The smallest absolute Gasteiger partial charge is 0.322 e. The van der Waals surface area contributed by atoms with Gasteiger partial charge in [-0.25, -0.2) is 4.79 Å². The average Bonchev–Trinajstić information content (AvgIpc) is 2.89. The van der Waals surface area contributed by atoms with Gasteiger partial charge in [0.25, 0.3) is 5.91 Å². The fraction of sp³-hybridized carbons (Fsp3) is 0.444. The standard InChI is InChI=1S/C18H23N3O2/c1-11(2)12(3)21-10-14-15(17(21)22)16(19-18(23)20(14)4)13-8-6-5-7-9-13/h5-9,11-12,16H,10H2,1-4H3,(H,19,23)/t12-,16+/m1/s1. The molecule has 2 aliphatic heterocycles. The molecule has 2 heterocycles. The van der Waals surface area contributed by atoms with E-state index in [1.54, 1.807) is 11.9 Å². The molecule has 1 aromatic rings. The van der Waals surface area contributed by atoms with Crippen molar-refractivity contribution < 1.29 is 9.59 Å². The van der Waals surface area contributed by atoms with Gasteiger partial charge in [-0.3, -0.25) is 9.69 Å². The summed E-state index contributed by atoms with van der Waals surface area (Å²) < 4.78 is 0. The van der Waals surface area contributed by atoms with Crippen LogP contribution in [-0.2, 0) is 4.79 Å². The number of rotatable bonds is 3. The third-order valence-electron chi connectivity index (χ3n) is 4.98. The van der Waals surface area contributed by atoms with Gasteiger partial charge < -0.3 is 10.2 Å². The average molecular weight is 313 g/mol. The molecule has 5 heteroatoms. The molecule has 1 aromatic carbocycles. The summed E-state index contributed by atoms with van der Waals surface area (Å²) in [5.41, 5.74) is 2.46. The van der Waals surface area contributed by atoms with Crippen molar-refractivity contribution in [2.45, 2.75) is 32.9 Å². The fourth-order valence-corrected chi connectivity index (χ4v) is 3.17. The van der Waals surface area contributed by atoms with E-state index in [1.807, 2.05) is 35.2 Å². The minimum atomic E-state index is -0.369. The van der Waals surface area contributed by atoms with E-state index >= 15 is 0 Å². The lowest BCUT2D eigenvalue weighted by Crippen LogP contribution is -2.45. The normalized spacial score (nSPS) is 22.6. The summed E-state index contributed by atoms with van der Waals surface area (Å²) in [5, 5.41) is 2.95. The summed E-state index contributed by atoms with van der Waals surface area (Å²) in [6.07, 6.45) is 0. The van der Waals surface area contributed by atoms with Crippen molar-refractivity contribution in [3.05, 3.63) is 47.2 Å². The topological polar surface area (TPSA) is 52.7 Å². The lowest BCUT2D eigenvalue weighted by molar-refractivity contribution is -0.128. The second-order valence-corrected chi connectivity index (χ2v) is 6.63. The molecule has 0 aliphatic carbocycles. The zero-order valence-corrected chi connectivity index (χ0v) is 14.0. The Bertz CT molecular complexity index is 666. The van der Waals surface area contributed by atoms with Crippen LogP contribution in [0.25, 0.3) is 0 Å². The number of carbonyl (C=O) groups excluding carboxylic acids is 2. The molecule has 122 valence electrons. The van der Waals surface area contributed by atoms with Gasteiger partial charge in [-0.15, -0.1) is 0 Å². The van der Waals surface area contributed by atoms with Gasteiger partial charge in [-0.05, 0) is 18.4 Å². The van der Waals surface area contributed by atoms with Crippen molar-refractivity contribution in [2.75, 3.05) is 13.6 Å². The van der Waals surface area contributed by atoms with Gasteiger partial charge in [0.2, 0.25) is 0 Å². The minimum absolute atomic E-state index is 0.0295. The monoisotopic (exact) mass is 313 g/mol. The Kier molecular flexibility index (Phi) is 3.88. The molecule has 0 saturated carbocycles. The van der Waals surface area contributed by atoms with E-state index in [2.05, 4.69) is 26.1 Å². The van der Waals surface area contributed by atoms with Crippen LogP contribution in [0.1, 0.15) is 32.4 Å². The number of hydrogen-bond acceptors (Lipinski definition) is 2. The lowest BCUT2D eigenvalue weighted by atomic mass is 9.95. The zero-order chi connectivity index (χ0) is 16.7. The van der Waals surface area contributed by atoms with Crippen LogP contribution in [0.5, 0.6) is 0 Å². The van der Waals surface area contributed by atoms with Crippen molar-refractivity contribution in [3.63, 3.8) is 0 Å². The molecule has 0 unspecified atom stereocenters. The Morgan fingerprint density at radius 3 is 2.39 bits per heavy atom. The van der Waals surface area contributed by atoms with E-state index in [0.717, 1.165) is 11.3 Å². The molecule has 3 rings (SSSR count). The van der Waals surface area contributed by atoms with Gasteiger partial charge in [0.05, 0.1) is 23.9 Å². The molecule has 3 amide bonds. The van der Waals surface area contributed by atoms with Crippen LogP contribution in [0, 0.1) is 5.92 Å². The van der Waals surface area contributed by atoms with E-state index in [0.29, 0.717) is 18.0 Å². The summed E-state index contributed by atoms with van der Waals surface area (Å²) in [6.45, 7) is 6.78. The maximum atomic E-state index is 13.0. The number of carbonyl (C=O) groups is 2. The fourth-order valence-electron chi connectivity index (χ4n) is 3.17. The second kappa shape index (κ2) is 5.72. The van der Waals surface area contributed by atoms with Crippen molar-refractivity contribution in [2.24, 2.45) is 5.92 Å². The van der Waals surface area contributed by atoms with Crippen LogP contribution in [-0.4, -0.2) is 41.4 Å². The van der Waals surface area contributed by atoms with E-state index in [1.165, 1.54) is 0 Å². The first-order valence-electron chi connectivity index (χ1n) is 8.05. The summed E-state index contributed by atoms with van der Waals surface area (Å²) in [4.78, 5) is 28.7. The second-order valence-electron chi connectivity index (χ2n) is 6.63. The Labute approximate surface area is 137 Å². The molecule has 0 spiro atoms. The molecule has 0 saturated heterocycles. The lowest BCUT2D eigenvalue weighted by Gasteiger charge is -2.31. The highest BCUT2D eigenvalue weighted by molar-refractivity contribution is 6.01. The van der Waals surface area contributed by atoms with Crippen LogP contribution in [0.4, 0.5) is 4.79 Å². The quantitative estimate of drug-likeness (QED) is 0.932. The van der Waals surface area contributed by atoms with E-state index < -0.39 is 0 Å². The van der Waals surface area contributed by atoms with Crippen molar-refractivity contribution in [3.8, 4) is 0 Å². The summed E-state index contributed by atoms with van der Waals surface area (Å²) in [5.74, 6) is 0.395. The SMILES string of the molecule is CC(C)[C@@H](C)N1CC2=C(C1=O)[C@H](c1ccccc1)NC(=O)N2C. The first-order chi connectivity index (χ1) is 10.9. The summed E-state index contributed by atoms with van der Waals surface area (Å²) in [7, 11) is 1.72. The first-order valence-corrected chi connectivity index (χ1v) is 8.05. The number of nitrogens with zero attached hydrogens (tertiary/aromatic N) is 2. The van der Waals surface area contributed by atoms with Crippen LogP contribution in [0.2, 0.25) is 0 Å². The number of hydrogen-bond donors (Lipinski definition) is 1. The minimum Gasteiger partial charge on any atom is -0.330 e.